The van der Waals surface area contributed by atoms with Gasteiger partial charge in [0.2, 0.25) is 0 Å². The van der Waals surface area contributed by atoms with Gasteiger partial charge in [0.15, 0.2) is 0 Å². The number of fused-ring (bicyclic) bond motifs is 1. The normalized spacial score (nSPS) is 11.6. The lowest BCUT2D eigenvalue weighted by Gasteiger charge is -2.00. The van der Waals surface area contributed by atoms with E-state index in [2.05, 4.69) is 82.3 Å². The molecule has 0 saturated carbocycles. The van der Waals surface area contributed by atoms with Crippen LogP contribution in [0.4, 0.5) is 0 Å². The van der Waals surface area contributed by atoms with Crippen molar-refractivity contribution in [3.8, 4) is 0 Å². The molecule has 2 rings (SSSR count). The molecule has 2 nitrogen and oxygen atoms in total. The molecule has 0 aromatic carbocycles. The van der Waals surface area contributed by atoms with Crippen LogP contribution in [0.1, 0.15) is 11.3 Å². The molecule has 0 unspecified atom stereocenters. The topological polar surface area (TPSA) is 9.86 Å². The van der Waals surface area contributed by atoms with Gasteiger partial charge in [-0.15, -0.1) is 0 Å². The molecular weight excluding hydrogens is 402 g/mol. The number of halogens is 2. The van der Waals surface area contributed by atoms with E-state index in [1.807, 2.05) is 0 Å². The largest absolute Gasteiger partial charge is 0.345 e. The van der Waals surface area contributed by atoms with Crippen molar-refractivity contribution in [2.24, 2.45) is 14.1 Å². The fourth-order valence-electron chi connectivity index (χ4n) is 1.93. The molecule has 2 aromatic rings. The van der Waals surface area contributed by atoms with Crippen molar-refractivity contribution in [3.63, 3.8) is 0 Å². The van der Waals surface area contributed by atoms with Crippen LogP contribution in [-0.4, -0.2) is 9.13 Å². The van der Waals surface area contributed by atoms with Crippen molar-refractivity contribution in [1.29, 1.82) is 0 Å². The summed E-state index contributed by atoms with van der Waals surface area (Å²) in [5.74, 6) is 0. The molecule has 0 N–H and O–H groups in total. The summed E-state index contributed by atoms with van der Waals surface area (Å²) in [5.41, 5.74) is 5.48. The summed E-state index contributed by atoms with van der Waals surface area (Å²) in [5, 5.41) is 0. The zero-order chi connectivity index (χ0) is 10.6. The van der Waals surface area contributed by atoms with Gasteiger partial charge in [-0.3, -0.25) is 0 Å². The summed E-state index contributed by atoms with van der Waals surface area (Å²) in [4.78, 5) is 0. The van der Waals surface area contributed by atoms with Crippen LogP contribution in [0.3, 0.4) is 0 Å². The van der Waals surface area contributed by atoms with Gasteiger partial charge < -0.3 is 9.13 Å². The van der Waals surface area contributed by atoms with E-state index in [4.69, 9.17) is 0 Å². The minimum Gasteiger partial charge on any atom is -0.345 e. The van der Waals surface area contributed by atoms with Crippen LogP contribution < -0.4 is 0 Å². The molecule has 0 bridgehead atoms. The Morgan fingerprint density at radius 2 is 1.50 bits per heavy atom. The number of rotatable bonds is 0. The van der Waals surface area contributed by atoms with Crippen molar-refractivity contribution in [2.75, 3.05) is 0 Å². The number of aryl methyl sites for hydroxylation is 3. The first-order chi connectivity index (χ1) is 6.46. The van der Waals surface area contributed by atoms with E-state index in [-0.39, 0.29) is 0 Å². The Bertz CT molecular complexity index is 433. The molecular formula is C10H12I2N2. The van der Waals surface area contributed by atoms with Crippen LogP contribution in [0.25, 0.3) is 11.0 Å². The van der Waals surface area contributed by atoms with Crippen LogP contribution in [0, 0.1) is 21.1 Å². The predicted molar refractivity (Wildman–Crippen MR) is 76.8 cm³/mol. The molecule has 0 saturated heterocycles. The van der Waals surface area contributed by atoms with Crippen LogP contribution in [0.5, 0.6) is 0 Å². The SMILES string of the molecule is Cc1c(I)n(C)c2c(I)c(C)n(C)c12. The first-order valence-electron chi connectivity index (χ1n) is 4.42. The summed E-state index contributed by atoms with van der Waals surface area (Å²) >= 11 is 4.84. The second kappa shape index (κ2) is 3.40. The highest BCUT2D eigenvalue weighted by molar-refractivity contribution is 14.1. The van der Waals surface area contributed by atoms with Gasteiger partial charge in [-0.05, 0) is 59.0 Å². The van der Waals surface area contributed by atoms with Crippen molar-refractivity contribution >= 4 is 56.2 Å². The Labute approximate surface area is 111 Å². The summed E-state index contributed by atoms with van der Waals surface area (Å²) in [6.45, 7) is 4.37. The van der Waals surface area contributed by atoms with Crippen LogP contribution >= 0.6 is 45.2 Å². The van der Waals surface area contributed by atoms with Gasteiger partial charge in [0.05, 0.1) is 18.3 Å². The molecule has 4 heteroatoms. The molecule has 14 heavy (non-hydrogen) atoms. The first kappa shape index (κ1) is 10.8. The predicted octanol–water partition coefficient (Wildman–Crippen LogP) is 3.34. The minimum absolute atomic E-state index is 1.33. The van der Waals surface area contributed by atoms with E-state index in [0.29, 0.717) is 0 Å². The second-order valence-electron chi connectivity index (χ2n) is 3.63. The third-order valence-electron chi connectivity index (χ3n) is 2.88. The van der Waals surface area contributed by atoms with Gasteiger partial charge in [-0.2, -0.15) is 0 Å². The summed E-state index contributed by atoms with van der Waals surface area (Å²) in [7, 11) is 4.28. The number of hydrogen-bond donors (Lipinski definition) is 0. The van der Waals surface area contributed by atoms with E-state index >= 15 is 0 Å². The van der Waals surface area contributed by atoms with Crippen molar-refractivity contribution in [1.82, 2.24) is 9.13 Å². The molecule has 0 aliphatic carbocycles. The fourth-order valence-corrected chi connectivity index (χ4v) is 3.41. The Hall–Kier alpha value is 0.280. The van der Waals surface area contributed by atoms with Crippen LogP contribution in [0.15, 0.2) is 0 Å². The molecule has 2 aromatic heterocycles. The monoisotopic (exact) mass is 414 g/mol. The first-order valence-corrected chi connectivity index (χ1v) is 6.57. The maximum atomic E-state index is 2.43. The summed E-state index contributed by atoms with van der Waals surface area (Å²) < 4.78 is 7.27. The Kier molecular flexibility index (Phi) is 2.62. The van der Waals surface area contributed by atoms with Gasteiger partial charge in [-0.1, -0.05) is 0 Å². The van der Waals surface area contributed by atoms with Gasteiger partial charge in [0, 0.05) is 25.4 Å². The van der Waals surface area contributed by atoms with Crippen LogP contribution in [-0.2, 0) is 14.1 Å². The molecule has 0 amide bonds. The van der Waals surface area contributed by atoms with Gasteiger partial charge in [-0.25, -0.2) is 0 Å². The molecule has 0 spiro atoms. The van der Waals surface area contributed by atoms with Crippen molar-refractivity contribution in [3.05, 3.63) is 18.5 Å². The summed E-state index contributed by atoms with van der Waals surface area (Å²) in [6.07, 6.45) is 0. The van der Waals surface area contributed by atoms with Crippen molar-refractivity contribution in [2.45, 2.75) is 13.8 Å². The average Bonchev–Trinajstić information content (AvgIpc) is 2.51. The Morgan fingerprint density at radius 3 is 2.00 bits per heavy atom. The number of aromatic nitrogens is 2. The standard InChI is InChI=1S/C10H12I2N2/c1-5-8-9(14(4)10(5)12)7(11)6(2)13(8)3/h1-4H3. The smallest absolute Gasteiger partial charge is 0.0851 e. The quantitative estimate of drug-likeness (QED) is 0.586. The lowest BCUT2D eigenvalue weighted by atomic mass is 10.3. The zero-order valence-electron chi connectivity index (χ0n) is 8.65. The minimum atomic E-state index is 1.33. The highest BCUT2D eigenvalue weighted by Crippen LogP contribution is 2.32. The van der Waals surface area contributed by atoms with E-state index in [1.165, 1.54) is 29.6 Å². The molecule has 0 atom stereocenters. The molecule has 0 aliphatic rings. The number of hydrogen-bond acceptors (Lipinski definition) is 0. The molecule has 0 radical (unpaired) electrons. The third-order valence-corrected chi connectivity index (χ3v) is 5.71. The molecule has 0 aliphatic heterocycles. The molecule has 2 heterocycles. The van der Waals surface area contributed by atoms with E-state index < -0.39 is 0 Å². The third kappa shape index (κ3) is 1.19. The highest BCUT2D eigenvalue weighted by Gasteiger charge is 2.18. The lowest BCUT2D eigenvalue weighted by molar-refractivity contribution is 0.903. The molecule has 0 fully saturated rings. The van der Waals surface area contributed by atoms with E-state index in [9.17, 15) is 0 Å². The van der Waals surface area contributed by atoms with Gasteiger partial charge in [0.25, 0.3) is 0 Å². The maximum Gasteiger partial charge on any atom is 0.0851 e. The van der Waals surface area contributed by atoms with Crippen LogP contribution in [0.2, 0.25) is 0 Å². The van der Waals surface area contributed by atoms with Crippen molar-refractivity contribution < 1.29 is 0 Å². The van der Waals surface area contributed by atoms with Gasteiger partial charge in [0.1, 0.15) is 0 Å². The zero-order valence-corrected chi connectivity index (χ0v) is 13.0. The number of nitrogens with zero attached hydrogens (tertiary/aromatic N) is 2. The lowest BCUT2D eigenvalue weighted by Crippen LogP contribution is -1.94. The molecule has 76 valence electrons. The Balaban J connectivity index is 3.08. The fraction of sp³-hybridized carbons (Fsp3) is 0.400. The summed E-state index contributed by atoms with van der Waals surface area (Å²) in [6, 6.07) is 0. The van der Waals surface area contributed by atoms with E-state index in [1.54, 1.807) is 0 Å². The maximum absolute atomic E-state index is 2.43. The van der Waals surface area contributed by atoms with Gasteiger partial charge >= 0.3 is 0 Å². The Morgan fingerprint density at radius 1 is 0.929 bits per heavy atom. The second-order valence-corrected chi connectivity index (χ2v) is 5.73. The van der Waals surface area contributed by atoms with E-state index in [0.717, 1.165) is 0 Å². The average molecular weight is 414 g/mol. The highest BCUT2D eigenvalue weighted by atomic mass is 127.